The second kappa shape index (κ2) is 10.7. The molecule has 1 saturated carbocycles. The third-order valence-electron chi connectivity index (χ3n) is 5.12. The largest absolute Gasteiger partial charge is 0.314 e. The van der Waals surface area contributed by atoms with Crippen LogP contribution >= 0.6 is 0 Å². The van der Waals surface area contributed by atoms with Crippen molar-refractivity contribution in [3.63, 3.8) is 0 Å². The highest BCUT2D eigenvalue weighted by atomic mass is 14.9. The predicted molar refractivity (Wildman–Crippen MR) is 91.1 cm³/mol. The number of hydrogen-bond donors (Lipinski definition) is 1. The van der Waals surface area contributed by atoms with Gasteiger partial charge in [0.05, 0.1) is 0 Å². The maximum absolute atomic E-state index is 3.68. The van der Waals surface area contributed by atoms with Crippen molar-refractivity contribution in [2.45, 2.75) is 97.9 Å². The van der Waals surface area contributed by atoms with Gasteiger partial charge in [0.1, 0.15) is 0 Å². The molecule has 3 atom stereocenters. The van der Waals surface area contributed by atoms with Gasteiger partial charge in [0.15, 0.2) is 0 Å². The molecule has 1 fully saturated rings. The summed E-state index contributed by atoms with van der Waals surface area (Å²) in [4.78, 5) is 0. The van der Waals surface area contributed by atoms with Crippen LogP contribution in [0.5, 0.6) is 0 Å². The van der Waals surface area contributed by atoms with E-state index in [4.69, 9.17) is 0 Å². The molecule has 0 saturated heterocycles. The minimum absolute atomic E-state index is 0.643. The normalized spacial score (nSPS) is 27.1. The molecular weight excluding hydrogens is 242 g/mol. The third kappa shape index (κ3) is 7.67. The van der Waals surface area contributed by atoms with Crippen molar-refractivity contribution in [3.8, 4) is 0 Å². The highest BCUT2D eigenvalue weighted by Crippen LogP contribution is 2.36. The fourth-order valence-corrected chi connectivity index (χ4v) is 3.76. The van der Waals surface area contributed by atoms with Gasteiger partial charge in [-0.3, -0.25) is 0 Å². The molecule has 1 nitrogen and oxygen atoms in total. The van der Waals surface area contributed by atoms with Gasteiger partial charge < -0.3 is 5.32 Å². The van der Waals surface area contributed by atoms with E-state index in [-0.39, 0.29) is 0 Å². The van der Waals surface area contributed by atoms with Gasteiger partial charge in [-0.1, -0.05) is 79.1 Å². The van der Waals surface area contributed by atoms with Crippen molar-refractivity contribution in [3.05, 3.63) is 0 Å². The van der Waals surface area contributed by atoms with Crippen LogP contribution in [0.3, 0.4) is 0 Å². The van der Waals surface area contributed by atoms with Crippen LogP contribution in [0.1, 0.15) is 91.9 Å². The molecule has 0 amide bonds. The molecule has 0 bridgehead atoms. The summed E-state index contributed by atoms with van der Waals surface area (Å²) in [5.74, 6) is 2.91. The van der Waals surface area contributed by atoms with Crippen LogP contribution < -0.4 is 5.32 Å². The first-order valence-corrected chi connectivity index (χ1v) is 9.36. The van der Waals surface area contributed by atoms with Crippen LogP contribution in [0.2, 0.25) is 0 Å². The lowest BCUT2D eigenvalue weighted by Crippen LogP contribution is -2.35. The number of unbranched alkanes of at least 4 members (excludes halogenated alkanes) is 5. The first kappa shape index (κ1) is 18.0. The van der Waals surface area contributed by atoms with E-state index >= 15 is 0 Å². The lowest BCUT2D eigenvalue weighted by atomic mass is 9.72. The van der Waals surface area contributed by atoms with E-state index in [2.05, 4.69) is 33.0 Å². The molecule has 3 unspecified atom stereocenters. The van der Waals surface area contributed by atoms with Crippen LogP contribution in [-0.4, -0.2) is 12.6 Å². The summed E-state index contributed by atoms with van der Waals surface area (Å²) in [6.07, 6.45) is 14.5. The lowest BCUT2D eigenvalue weighted by molar-refractivity contribution is 0.169. The van der Waals surface area contributed by atoms with Gasteiger partial charge in [0, 0.05) is 6.04 Å². The smallest absolute Gasteiger partial charge is 0.00104 e. The molecule has 0 radical (unpaired) electrons. The monoisotopic (exact) mass is 281 g/mol. The zero-order valence-electron chi connectivity index (χ0n) is 14.6. The van der Waals surface area contributed by atoms with E-state index in [1.54, 1.807) is 0 Å². The summed E-state index contributed by atoms with van der Waals surface area (Å²) >= 11 is 0. The molecule has 0 aromatic carbocycles. The standard InChI is InChI=1S/C19H39N/c1-5-6-7-8-9-10-11-18-14-17(4)12-13-19(18)15-20-16(2)3/h16-20H,5-15H2,1-4H3. The van der Waals surface area contributed by atoms with Gasteiger partial charge in [-0.25, -0.2) is 0 Å². The van der Waals surface area contributed by atoms with Crippen LogP contribution in [0.15, 0.2) is 0 Å². The first-order valence-electron chi connectivity index (χ1n) is 9.36. The Labute approximate surface area is 128 Å². The van der Waals surface area contributed by atoms with E-state index in [0.717, 1.165) is 17.8 Å². The fraction of sp³-hybridized carbons (Fsp3) is 1.00. The van der Waals surface area contributed by atoms with Gasteiger partial charge in [-0.15, -0.1) is 0 Å². The molecule has 0 aromatic heterocycles. The van der Waals surface area contributed by atoms with Crippen LogP contribution in [0.4, 0.5) is 0 Å². The second-order valence-corrected chi connectivity index (χ2v) is 7.56. The summed E-state index contributed by atoms with van der Waals surface area (Å²) in [5, 5.41) is 3.68. The zero-order chi connectivity index (χ0) is 14.8. The van der Waals surface area contributed by atoms with Gasteiger partial charge in [0.2, 0.25) is 0 Å². The first-order chi connectivity index (χ1) is 9.63. The van der Waals surface area contributed by atoms with Crippen molar-refractivity contribution in [1.82, 2.24) is 5.32 Å². The minimum Gasteiger partial charge on any atom is -0.314 e. The molecule has 1 aliphatic rings. The van der Waals surface area contributed by atoms with Crippen molar-refractivity contribution in [1.29, 1.82) is 0 Å². The average Bonchev–Trinajstić information content (AvgIpc) is 2.41. The topological polar surface area (TPSA) is 12.0 Å². The maximum Gasteiger partial charge on any atom is 0.00104 e. The van der Waals surface area contributed by atoms with Crippen molar-refractivity contribution < 1.29 is 0 Å². The van der Waals surface area contributed by atoms with E-state index in [9.17, 15) is 0 Å². The molecular formula is C19H39N. The van der Waals surface area contributed by atoms with Crippen LogP contribution in [-0.2, 0) is 0 Å². The minimum atomic E-state index is 0.643. The lowest BCUT2D eigenvalue weighted by Gasteiger charge is -2.35. The molecule has 0 aliphatic heterocycles. The van der Waals surface area contributed by atoms with Gasteiger partial charge in [-0.05, 0) is 37.1 Å². The van der Waals surface area contributed by atoms with E-state index in [0.29, 0.717) is 6.04 Å². The molecule has 0 heterocycles. The molecule has 120 valence electrons. The zero-order valence-corrected chi connectivity index (χ0v) is 14.6. The van der Waals surface area contributed by atoms with Crippen LogP contribution in [0.25, 0.3) is 0 Å². The molecule has 20 heavy (non-hydrogen) atoms. The molecule has 1 aliphatic carbocycles. The van der Waals surface area contributed by atoms with E-state index in [1.807, 2.05) is 0 Å². The highest BCUT2D eigenvalue weighted by Gasteiger charge is 2.27. The second-order valence-electron chi connectivity index (χ2n) is 7.56. The molecule has 1 N–H and O–H groups in total. The molecule has 1 rings (SSSR count). The summed E-state index contributed by atoms with van der Waals surface area (Å²) in [6, 6.07) is 0.643. The Morgan fingerprint density at radius 3 is 2.35 bits per heavy atom. The fourth-order valence-electron chi connectivity index (χ4n) is 3.76. The van der Waals surface area contributed by atoms with Crippen molar-refractivity contribution in [2.75, 3.05) is 6.54 Å². The Balaban J connectivity index is 2.22. The van der Waals surface area contributed by atoms with E-state index < -0.39 is 0 Å². The number of nitrogens with one attached hydrogen (secondary N) is 1. The Hall–Kier alpha value is -0.0400. The Kier molecular flexibility index (Phi) is 9.59. The quantitative estimate of drug-likeness (QED) is 0.500. The third-order valence-corrected chi connectivity index (χ3v) is 5.12. The summed E-state index contributed by atoms with van der Waals surface area (Å²) in [7, 11) is 0. The summed E-state index contributed by atoms with van der Waals surface area (Å²) in [6.45, 7) is 10.6. The summed E-state index contributed by atoms with van der Waals surface area (Å²) < 4.78 is 0. The van der Waals surface area contributed by atoms with E-state index in [1.165, 1.54) is 70.8 Å². The van der Waals surface area contributed by atoms with Crippen molar-refractivity contribution >= 4 is 0 Å². The highest BCUT2D eigenvalue weighted by molar-refractivity contribution is 4.80. The summed E-state index contributed by atoms with van der Waals surface area (Å²) in [5.41, 5.74) is 0. The van der Waals surface area contributed by atoms with Gasteiger partial charge in [0.25, 0.3) is 0 Å². The predicted octanol–water partition coefficient (Wildman–Crippen LogP) is 5.79. The van der Waals surface area contributed by atoms with Gasteiger partial charge >= 0.3 is 0 Å². The van der Waals surface area contributed by atoms with Gasteiger partial charge in [-0.2, -0.15) is 0 Å². The molecule has 0 spiro atoms. The van der Waals surface area contributed by atoms with Crippen LogP contribution in [0, 0.1) is 17.8 Å². The SMILES string of the molecule is CCCCCCCCC1CC(C)CCC1CNC(C)C. The Morgan fingerprint density at radius 2 is 1.65 bits per heavy atom. The Morgan fingerprint density at radius 1 is 0.950 bits per heavy atom. The maximum atomic E-state index is 3.68. The Bertz CT molecular complexity index is 224. The van der Waals surface area contributed by atoms with Crippen molar-refractivity contribution in [2.24, 2.45) is 17.8 Å². The molecule has 0 aromatic rings. The molecule has 1 heteroatoms. The average molecular weight is 282 g/mol. The number of hydrogen-bond acceptors (Lipinski definition) is 1. The number of rotatable bonds is 10.